The zero-order valence-electron chi connectivity index (χ0n) is 16.7. The topological polar surface area (TPSA) is 151 Å². The standard InChI is InChI=1S/C11H13NO3S.C9H10O5/c1-8-4-3-5-10(16(2,13)14)11(8)9-6-7-15-12-9;1-9(8(13)14)3-5(7(11)12)2-6(10)4-9/h3-5H,6-7H2,1-2H3;2,4,10H,3H2,1H3,(H,11,12)(H,13,14). The van der Waals surface area contributed by atoms with Gasteiger partial charge in [-0.1, -0.05) is 17.3 Å². The van der Waals surface area contributed by atoms with Gasteiger partial charge in [-0.2, -0.15) is 0 Å². The number of benzene rings is 1. The second-order valence-corrected chi connectivity index (χ2v) is 9.27. The van der Waals surface area contributed by atoms with Gasteiger partial charge in [0.25, 0.3) is 0 Å². The third-order valence-electron chi connectivity index (χ3n) is 4.64. The minimum absolute atomic E-state index is 0.102. The lowest BCUT2D eigenvalue weighted by Gasteiger charge is -2.24. The molecule has 1 heterocycles. The molecule has 0 amide bonds. The first-order valence-corrected chi connectivity index (χ1v) is 10.8. The summed E-state index contributed by atoms with van der Waals surface area (Å²) in [6.07, 6.45) is 3.95. The molecule has 9 nitrogen and oxygen atoms in total. The van der Waals surface area contributed by atoms with Gasteiger partial charge in [-0.25, -0.2) is 13.2 Å². The molecule has 10 heteroatoms. The molecule has 0 bridgehead atoms. The predicted molar refractivity (Wildman–Crippen MR) is 108 cm³/mol. The minimum Gasteiger partial charge on any atom is -0.508 e. The fourth-order valence-corrected chi connectivity index (χ4v) is 4.10. The van der Waals surface area contributed by atoms with E-state index in [0.717, 1.165) is 23.4 Å². The van der Waals surface area contributed by atoms with Gasteiger partial charge in [-0.3, -0.25) is 4.79 Å². The van der Waals surface area contributed by atoms with Gasteiger partial charge in [0.2, 0.25) is 0 Å². The summed E-state index contributed by atoms with van der Waals surface area (Å²) in [6.45, 7) is 3.76. The van der Waals surface area contributed by atoms with E-state index in [9.17, 15) is 23.1 Å². The summed E-state index contributed by atoms with van der Waals surface area (Å²) in [6, 6.07) is 5.23. The van der Waals surface area contributed by atoms with Crippen molar-refractivity contribution >= 4 is 27.5 Å². The molecule has 1 unspecified atom stereocenters. The van der Waals surface area contributed by atoms with Crippen LogP contribution in [-0.4, -0.2) is 54.3 Å². The number of aliphatic hydroxyl groups is 1. The van der Waals surface area contributed by atoms with Gasteiger partial charge in [-0.05, 0) is 44.1 Å². The average molecular weight is 437 g/mol. The molecule has 30 heavy (non-hydrogen) atoms. The number of carbonyl (C=O) groups is 2. The normalized spacial score (nSPS) is 20.7. The molecule has 162 valence electrons. The van der Waals surface area contributed by atoms with Crippen LogP contribution in [0.3, 0.4) is 0 Å². The van der Waals surface area contributed by atoms with E-state index in [0.29, 0.717) is 23.5 Å². The molecule has 1 aliphatic carbocycles. The highest BCUT2D eigenvalue weighted by molar-refractivity contribution is 7.90. The molecule has 0 spiro atoms. The van der Waals surface area contributed by atoms with Crippen LogP contribution < -0.4 is 0 Å². The number of oxime groups is 1. The number of rotatable bonds is 4. The highest BCUT2D eigenvalue weighted by Gasteiger charge is 2.36. The van der Waals surface area contributed by atoms with E-state index in [4.69, 9.17) is 15.1 Å². The number of aliphatic carboxylic acids is 2. The number of allylic oxidation sites excluding steroid dienone is 1. The third-order valence-corrected chi connectivity index (χ3v) is 5.78. The van der Waals surface area contributed by atoms with Gasteiger partial charge in [0.15, 0.2) is 9.84 Å². The van der Waals surface area contributed by atoms with Gasteiger partial charge in [0.05, 0.1) is 16.0 Å². The number of carboxylic acid groups (broad SMARTS) is 2. The predicted octanol–water partition coefficient (Wildman–Crippen LogP) is 2.46. The number of nitrogens with zero attached hydrogens (tertiary/aromatic N) is 1. The summed E-state index contributed by atoms with van der Waals surface area (Å²) < 4.78 is 23.3. The summed E-state index contributed by atoms with van der Waals surface area (Å²) in [5.41, 5.74) is 0.884. The van der Waals surface area contributed by atoms with Gasteiger partial charge < -0.3 is 20.2 Å². The highest BCUT2D eigenvalue weighted by Crippen LogP contribution is 2.33. The number of carboxylic acids is 2. The van der Waals surface area contributed by atoms with Crippen LogP contribution in [0.4, 0.5) is 0 Å². The van der Waals surface area contributed by atoms with E-state index in [-0.39, 0.29) is 17.8 Å². The molecular formula is C20H23NO8S. The van der Waals surface area contributed by atoms with Crippen LogP contribution in [0.1, 0.15) is 30.9 Å². The summed E-state index contributed by atoms with van der Waals surface area (Å²) in [4.78, 5) is 26.7. The van der Waals surface area contributed by atoms with Crippen molar-refractivity contribution in [3.63, 3.8) is 0 Å². The molecule has 1 aromatic rings. The molecule has 1 aliphatic heterocycles. The second kappa shape index (κ2) is 8.70. The maximum Gasteiger partial charge on any atom is 0.331 e. The van der Waals surface area contributed by atoms with E-state index in [1.807, 2.05) is 13.0 Å². The molecular weight excluding hydrogens is 414 g/mol. The number of sulfone groups is 1. The Morgan fingerprint density at radius 2 is 1.90 bits per heavy atom. The molecule has 0 fully saturated rings. The summed E-state index contributed by atoms with van der Waals surface area (Å²) in [7, 11) is -3.23. The number of hydrogen-bond donors (Lipinski definition) is 3. The summed E-state index contributed by atoms with van der Waals surface area (Å²) >= 11 is 0. The van der Waals surface area contributed by atoms with Crippen molar-refractivity contribution in [3.8, 4) is 0 Å². The lowest BCUT2D eigenvalue weighted by atomic mass is 9.79. The largest absolute Gasteiger partial charge is 0.508 e. The van der Waals surface area contributed by atoms with Gasteiger partial charge >= 0.3 is 11.9 Å². The monoisotopic (exact) mass is 437 g/mol. The Hall–Kier alpha value is -3.14. The fraction of sp³-hybridized carbons (Fsp3) is 0.350. The van der Waals surface area contributed by atoms with Crippen molar-refractivity contribution in [1.82, 2.24) is 0 Å². The van der Waals surface area contributed by atoms with Crippen molar-refractivity contribution < 1.29 is 38.2 Å². The van der Waals surface area contributed by atoms with Crippen molar-refractivity contribution in [1.29, 1.82) is 0 Å². The zero-order chi connectivity index (χ0) is 22.7. The van der Waals surface area contributed by atoms with E-state index in [1.54, 1.807) is 12.1 Å². The van der Waals surface area contributed by atoms with Crippen LogP contribution in [0, 0.1) is 12.3 Å². The van der Waals surface area contributed by atoms with Crippen molar-refractivity contribution in [2.75, 3.05) is 12.9 Å². The van der Waals surface area contributed by atoms with Crippen LogP contribution in [0.2, 0.25) is 0 Å². The molecule has 0 aromatic heterocycles. The first-order chi connectivity index (χ1) is 13.8. The van der Waals surface area contributed by atoms with Crippen LogP contribution in [0.25, 0.3) is 0 Å². The minimum atomic E-state index is -3.23. The number of aliphatic hydroxyl groups excluding tert-OH is 1. The highest BCUT2D eigenvalue weighted by atomic mass is 32.2. The van der Waals surface area contributed by atoms with Crippen LogP contribution in [0.5, 0.6) is 0 Å². The Morgan fingerprint density at radius 1 is 1.23 bits per heavy atom. The van der Waals surface area contributed by atoms with E-state index in [1.165, 1.54) is 13.2 Å². The maximum atomic E-state index is 11.7. The van der Waals surface area contributed by atoms with Crippen molar-refractivity contribution in [3.05, 3.63) is 52.8 Å². The Balaban J connectivity index is 0.000000216. The van der Waals surface area contributed by atoms with Gasteiger partial charge in [-0.15, -0.1) is 0 Å². The van der Waals surface area contributed by atoms with Crippen molar-refractivity contribution in [2.45, 2.75) is 31.6 Å². The maximum absolute atomic E-state index is 11.7. The van der Waals surface area contributed by atoms with Gasteiger partial charge in [0.1, 0.15) is 12.4 Å². The first-order valence-electron chi connectivity index (χ1n) is 8.93. The Labute approximate surface area is 173 Å². The number of hydrogen-bond acceptors (Lipinski definition) is 7. The average Bonchev–Trinajstić information content (AvgIpc) is 3.14. The fourth-order valence-electron chi connectivity index (χ4n) is 3.12. The molecule has 1 atom stereocenters. The summed E-state index contributed by atoms with van der Waals surface area (Å²) in [5, 5.41) is 30.6. The van der Waals surface area contributed by atoms with Gasteiger partial charge in [0, 0.05) is 23.8 Å². The van der Waals surface area contributed by atoms with Crippen molar-refractivity contribution in [2.24, 2.45) is 10.6 Å². The smallest absolute Gasteiger partial charge is 0.331 e. The lowest BCUT2D eigenvalue weighted by Crippen LogP contribution is -2.29. The lowest BCUT2D eigenvalue weighted by molar-refractivity contribution is -0.145. The quantitative estimate of drug-likeness (QED) is 0.650. The molecule has 3 N–H and O–H groups in total. The summed E-state index contributed by atoms with van der Waals surface area (Å²) in [5.74, 6) is -2.69. The Morgan fingerprint density at radius 3 is 2.40 bits per heavy atom. The molecule has 2 aliphatic rings. The third kappa shape index (κ3) is 5.26. The van der Waals surface area contributed by atoms with E-state index < -0.39 is 27.2 Å². The molecule has 3 rings (SSSR count). The van der Waals surface area contributed by atoms with E-state index in [2.05, 4.69) is 5.16 Å². The molecule has 0 radical (unpaired) electrons. The van der Waals surface area contributed by atoms with Crippen LogP contribution in [-0.2, 0) is 24.3 Å². The Kier molecular flexibility index (Phi) is 6.71. The van der Waals surface area contributed by atoms with Crippen LogP contribution >= 0.6 is 0 Å². The van der Waals surface area contributed by atoms with E-state index >= 15 is 0 Å². The van der Waals surface area contributed by atoms with Crippen LogP contribution in [0.15, 0.2) is 51.7 Å². The SMILES string of the molecule is CC1(C(=O)O)C=C(O)C=C(C(=O)O)C1.Cc1cccc(S(C)(=O)=O)c1C1=NOCC1. The number of aryl methyl sites for hydroxylation is 1. The molecule has 0 saturated carbocycles. The Bertz CT molecular complexity index is 1070. The molecule has 0 saturated heterocycles. The zero-order valence-corrected chi connectivity index (χ0v) is 17.6. The molecule has 1 aromatic carbocycles. The first kappa shape index (κ1) is 23.1. The second-order valence-electron chi connectivity index (χ2n) is 7.28.